The zero-order valence-corrected chi connectivity index (χ0v) is 15.4. The Labute approximate surface area is 168 Å². The Morgan fingerprint density at radius 1 is 1.27 bits per heavy atom. The summed E-state index contributed by atoms with van der Waals surface area (Å²) in [6, 6.07) is 6.20. The maximum Gasteiger partial charge on any atom is 0.220 e. The third-order valence-corrected chi connectivity index (χ3v) is 4.74. The molecular formula is C17H17FN8O4. The minimum Gasteiger partial charge on any atom is -0.394 e. The second-order valence-corrected chi connectivity index (χ2v) is 6.56. The summed E-state index contributed by atoms with van der Waals surface area (Å²) >= 11 is 0. The molecule has 1 fully saturated rings. The van der Waals surface area contributed by atoms with Crippen molar-refractivity contribution in [2.45, 2.75) is 31.1 Å². The monoisotopic (exact) mass is 416 g/mol. The summed E-state index contributed by atoms with van der Waals surface area (Å²) in [6.45, 7) is -0.412. The molecule has 1 aliphatic heterocycles. The van der Waals surface area contributed by atoms with Crippen LogP contribution in [-0.2, 0) is 11.3 Å². The number of anilines is 1. The van der Waals surface area contributed by atoms with Gasteiger partial charge < -0.3 is 25.4 Å². The van der Waals surface area contributed by atoms with Gasteiger partial charge in [0.1, 0.15) is 24.1 Å². The van der Waals surface area contributed by atoms with Gasteiger partial charge in [-0.25, -0.2) is 19.3 Å². The van der Waals surface area contributed by atoms with Crippen LogP contribution in [0.15, 0.2) is 35.7 Å². The highest BCUT2D eigenvalue weighted by atomic mass is 19.1. The first-order valence-electron chi connectivity index (χ1n) is 8.93. The normalized spacial score (nSPS) is 23.5. The lowest BCUT2D eigenvalue weighted by Crippen LogP contribution is -2.33. The molecule has 1 aromatic carbocycles. The first kappa shape index (κ1) is 19.9. The van der Waals surface area contributed by atoms with Gasteiger partial charge in [-0.2, -0.15) is 0 Å². The summed E-state index contributed by atoms with van der Waals surface area (Å²) in [5.41, 5.74) is 9.55. The molecule has 12 nitrogen and oxygen atoms in total. The Morgan fingerprint density at radius 3 is 2.77 bits per heavy atom. The number of ether oxygens (including phenoxy) is 1. The van der Waals surface area contributed by atoms with E-state index in [2.05, 4.69) is 30.3 Å². The number of nitrogens with zero attached hydrogens (tertiary/aromatic N) is 7. The Balaban J connectivity index is 1.73. The molecule has 0 aliphatic carbocycles. The van der Waals surface area contributed by atoms with Crippen molar-refractivity contribution in [1.29, 1.82) is 0 Å². The molecule has 0 amide bonds. The summed E-state index contributed by atoms with van der Waals surface area (Å²) in [7, 11) is 0. The first-order valence-corrected chi connectivity index (χ1v) is 8.93. The van der Waals surface area contributed by atoms with Gasteiger partial charge in [-0.3, -0.25) is 4.57 Å². The van der Waals surface area contributed by atoms with E-state index >= 15 is 0 Å². The zero-order chi connectivity index (χ0) is 21.3. The van der Waals surface area contributed by atoms with Crippen LogP contribution < -0.4 is 5.32 Å². The molecule has 3 aromatic rings. The first-order chi connectivity index (χ1) is 14.5. The predicted molar refractivity (Wildman–Crippen MR) is 101 cm³/mol. The topological polar surface area (TPSA) is 174 Å². The van der Waals surface area contributed by atoms with Crippen molar-refractivity contribution in [2.75, 3.05) is 11.9 Å². The van der Waals surface area contributed by atoms with E-state index in [9.17, 15) is 19.7 Å². The van der Waals surface area contributed by atoms with Gasteiger partial charge >= 0.3 is 0 Å². The number of nitrogens with one attached hydrogen (secondary N) is 1. The average Bonchev–Trinajstić information content (AvgIpc) is 3.28. The van der Waals surface area contributed by atoms with E-state index in [0.717, 1.165) is 0 Å². The lowest BCUT2D eigenvalue weighted by Gasteiger charge is -2.16. The van der Waals surface area contributed by atoms with Crippen LogP contribution in [0.3, 0.4) is 0 Å². The molecular weight excluding hydrogens is 399 g/mol. The number of benzene rings is 1. The second-order valence-electron chi connectivity index (χ2n) is 6.56. The maximum atomic E-state index is 13.9. The molecule has 30 heavy (non-hydrogen) atoms. The molecule has 156 valence electrons. The second kappa shape index (κ2) is 8.18. The van der Waals surface area contributed by atoms with E-state index < -0.39 is 37.0 Å². The van der Waals surface area contributed by atoms with Gasteiger partial charge in [0.25, 0.3) is 0 Å². The lowest BCUT2D eigenvalue weighted by molar-refractivity contribution is -0.0511. The van der Waals surface area contributed by atoms with Gasteiger partial charge in [-0.15, -0.1) is 0 Å². The van der Waals surface area contributed by atoms with Crippen LogP contribution in [0.2, 0.25) is 0 Å². The predicted octanol–water partition coefficient (Wildman–Crippen LogP) is 1.13. The Morgan fingerprint density at radius 2 is 2.07 bits per heavy atom. The fraction of sp³-hybridized carbons (Fsp3) is 0.353. The molecule has 13 heteroatoms. The number of hydrogen-bond donors (Lipinski definition) is 4. The van der Waals surface area contributed by atoms with Crippen LogP contribution in [0.5, 0.6) is 0 Å². The van der Waals surface area contributed by atoms with Crippen molar-refractivity contribution in [3.8, 4) is 0 Å². The van der Waals surface area contributed by atoms with Gasteiger partial charge in [0.15, 0.2) is 23.2 Å². The standard InChI is InChI=1S/C17H17FN8O4/c18-9-4-2-1-3-8(9)5-20-14-11-15(23-17(22-14)24-25-19)26(7-21-11)16-13(29)12(28)10(6-27)30-16/h1-4,7,10,12-13,16,27-29H,5-6H2,(H,20,22,23)/t10-,12+,13+,16-/m1/s1. The lowest BCUT2D eigenvalue weighted by atomic mass is 10.1. The third kappa shape index (κ3) is 3.51. The number of imidazole rings is 1. The highest BCUT2D eigenvalue weighted by molar-refractivity contribution is 5.84. The van der Waals surface area contributed by atoms with E-state index in [1.54, 1.807) is 18.2 Å². The molecule has 0 saturated carbocycles. The quantitative estimate of drug-likeness (QED) is 0.263. The van der Waals surface area contributed by atoms with Gasteiger partial charge in [0, 0.05) is 17.0 Å². The smallest absolute Gasteiger partial charge is 0.220 e. The van der Waals surface area contributed by atoms with Crippen LogP contribution in [0.25, 0.3) is 21.6 Å². The molecule has 0 unspecified atom stereocenters. The van der Waals surface area contributed by atoms with Crippen molar-refractivity contribution in [3.63, 3.8) is 0 Å². The van der Waals surface area contributed by atoms with Crippen molar-refractivity contribution < 1.29 is 24.4 Å². The zero-order valence-electron chi connectivity index (χ0n) is 15.4. The van der Waals surface area contributed by atoms with E-state index in [4.69, 9.17) is 10.3 Å². The Bertz CT molecular complexity index is 1120. The third-order valence-electron chi connectivity index (χ3n) is 4.74. The van der Waals surface area contributed by atoms with Gasteiger partial charge in [0.05, 0.1) is 12.9 Å². The SMILES string of the molecule is [N-]=[N+]=Nc1nc(NCc2ccccc2F)c2ncn([C@@H]3O[C@H](CO)[C@H](O)[C@@H]3O)c2n1. The molecule has 0 bridgehead atoms. The molecule has 0 spiro atoms. The summed E-state index contributed by atoms with van der Waals surface area (Å²) in [5, 5.41) is 36.0. The summed E-state index contributed by atoms with van der Waals surface area (Å²) < 4.78 is 20.8. The molecule has 2 aromatic heterocycles. The number of halogens is 1. The van der Waals surface area contributed by atoms with E-state index in [1.165, 1.54) is 17.0 Å². The average molecular weight is 416 g/mol. The fourth-order valence-electron chi connectivity index (χ4n) is 3.23. The number of aliphatic hydroxyl groups is 3. The molecule has 4 N–H and O–H groups in total. The molecule has 0 radical (unpaired) electrons. The number of aliphatic hydroxyl groups excluding tert-OH is 3. The van der Waals surface area contributed by atoms with Crippen molar-refractivity contribution in [3.05, 3.63) is 52.4 Å². The van der Waals surface area contributed by atoms with Crippen LogP contribution >= 0.6 is 0 Å². The molecule has 4 rings (SSSR count). The van der Waals surface area contributed by atoms with E-state index in [-0.39, 0.29) is 29.5 Å². The van der Waals surface area contributed by atoms with Crippen molar-refractivity contribution >= 4 is 22.9 Å². The van der Waals surface area contributed by atoms with Crippen molar-refractivity contribution in [1.82, 2.24) is 19.5 Å². The summed E-state index contributed by atoms with van der Waals surface area (Å²) in [6.07, 6.45) is -3.43. The van der Waals surface area contributed by atoms with Crippen LogP contribution in [0.1, 0.15) is 11.8 Å². The van der Waals surface area contributed by atoms with E-state index in [1.807, 2.05) is 0 Å². The van der Waals surface area contributed by atoms with Crippen LogP contribution in [-0.4, -0.2) is 59.8 Å². The fourth-order valence-corrected chi connectivity index (χ4v) is 3.23. The van der Waals surface area contributed by atoms with Crippen LogP contribution in [0.4, 0.5) is 16.2 Å². The Kier molecular flexibility index (Phi) is 5.44. The Hall–Kier alpha value is -3.35. The number of hydrogen-bond acceptors (Lipinski definition) is 9. The van der Waals surface area contributed by atoms with Gasteiger partial charge in [-0.05, 0) is 16.7 Å². The molecule has 3 heterocycles. The minimum atomic E-state index is -1.35. The largest absolute Gasteiger partial charge is 0.394 e. The molecule has 1 aliphatic rings. The number of fused-ring (bicyclic) bond motifs is 1. The van der Waals surface area contributed by atoms with E-state index in [0.29, 0.717) is 5.56 Å². The molecule has 1 saturated heterocycles. The summed E-state index contributed by atoms with van der Waals surface area (Å²) in [4.78, 5) is 15.1. The number of aromatic nitrogens is 4. The van der Waals surface area contributed by atoms with Crippen LogP contribution in [0, 0.1) is 5.82 Å². The highest BCUT2D eigenvalue weighted by Crippen LogP contribution is 2.33. The molecule has 4 atom stereocenters. The minimum absolute atomic E-state index is 0.0786. The number of rotatable bonds is 6. The van der Waals surface area contributed by atoms with Gasteiger partial charge in [-0.1, -0.05) is 18.2 Å². The number of azide groups is 1. The summed E-state index contributed by atoms with van der Waals surface area (Å²) in [5.74, 6) is -0.451. The highest BCUT2D eigenvalue weighted by Gasteiger charge is 2.44. The van der Waals surface area contributed by atoms with Gasteiger partial charge in [0.2, 0.25) is 5.95 Å². The van der Waals surface area contributed by atoms with Crippen molar-refractivity contribution in [2.24, 2.45) is 5.11 Å². The maximum absolute atomic E-state index is 13.9.